The molecule has 0 spiro atoms. The first kappa shape index (κ1) is 18.7. The number of aromatic nitrogens is 2. The molecule has 0 saturated carbocycles. The molecule has 0 N–H and O–H groups in total. The summed E-state index contributed by atoms with van der Waals surface area (Å²) in [4.78, 5) is 17.9. The fraction of sp³-hybridized carbons (Fsp3) is 0.222. The molecular weight excluding hydrogens is 366 g/mol. The Morgan fingerprint density at radius 3 is 2.48 bits per heavy atom. The summed E-state index contributed by atoms with van der Waals surface area (Å²) in [6, 6.07) is 11.9. The van der Waals surface area contributed by atoms with E-state index in [0.717, 1.165) is 9.47 Å². The third-order valence-electron chi connectivity index (χ3n) is 3.92. The first-order valence-electron chi connectivity index (χ1n) is 7.91. The predicted octanol–water partition coefficient (Wildman–Crippen LogP) is 4.31. The molecule has 142 valence electrons. The lowest BCUT2D eigenvalue weighted by atomic mass is 10.2. The maximum Gasteiger partial charge on any atom is 0.387 e. The number of nitrogens with zero attached hydrogens (tertiary/aromatic N) is 3. The zero-order valence-corrected chi connectivity index (χ0v) is 14.2. The highest BCUT2D eigenvalue weighted by Gasteiger charge is 2.23. The lowest BCUT2D eigenvalue weighted by Crippen LogP contribution is -2.28. The van der Waals surface area contributed by atoms with Gasteiger partial charge in [0.1, 0.15) is 11.6 Å². The molecule has 0 aliphatic heterocycles. The minimum absolute atomic E-state index is 0.0192. The number of halogens is 4. The smallest absolute Gasteiger partial charge is 0.387 e. The number of imidazole rings is 1. The number of para-hydroxylation sites is 3. The maximum atomic E-state index is 13.5. The van der Waals surface area contributed by atoms with Crippen LogP contribution in [0.2, 0.25) is 0 Å². The Balaban J connectivity index is 1.90. The molecule has 0 aliphatic carbocycles. The summed E-state index contributed by atoms with van der Waals surface area (Å²) in [5, 5.41) is 0. The van der Waals surface area contributed by atoms with Gasteiger partial charge in [-0.25, -0.2) is 4.98 Å². The lowest BCUT2D eigenvalue weighted by molar-refractivity contribution is -0.0502. The molecule has 0 atom stereocenters. The average Bonchev–Trinajstić information content (AvgIpc) is 2.99. The topological polar surface area (TPSA) is 47.4 Å². The molecule has 0 unspecified atom stereocenters. The van der Waals surface area contributed by atoms with E-state index in [0.29, 0.717) is 5.52 Å². The van der Waals surface area contributed by atoms with Crippen LogP contribution in [0.5, 0.6) is 5.75 Å². The number of fused-ring (bicyclic) bond motifs is 1. The van der Waals surface area contributed by atoms with Crippen LogP contribution < -0.4 is 4.74 Å². The largest absolute Gasteiger partial charge is 0.434 e. The van der Waals surface area contributed by atoms with Crippen molar-refractivity contribution in [2.45, 2.75) is 19.7 Å². The van der Waals surface area contributed by atoms with Crippen molar-refractivity contribution in [2.75, 3.05) is 7.05 Å². The Morgan fingerprint density at radius 2 is 1.78 bits per heavy atom. The van der Waals surface area contributed by atoms with Crippen molar-refractivity contribution in [3.63, 3.8) is 0 Å². The van der Waals surface area contributed by atoms with Crippen molar-refractivity contribution in [2.24, 2.45) is 0 Å². The van der Waals surface area contributed by atoms with Crippen LogP contribution in [0.1, 0.15) is 22.7 Å². The molecule has 1 heterocycles. The van der Waals surface area contributed by atoms with E-state index in [1.54, 1.807) is 18.2 Å². The van der Waals surface area contributed by atoms with Crippen molar-refractivity contribution in [3.8, 4) is 5.75 Å². The Morgan fingerprint density at radius 1 is 1.11 bits per heavy atom. The minimum Gasteiger partial charge on any atom is -0.434 e. The molecule has 0 saturated heterocycles. The van der Waals surface area contributed by atoms with Crippen molar-refractivity contribution in [3.05, 3.63) is 59.9 Å². The zero-order chi connectivity index (χ0) is 19.6. The van der Waals surface area contributed by atoms with Crippen LogP contribution in [0.15, 0.2) is 48.5 Å². The highest BCUT2D eigenvalue weighted by Crippen LogP contribution is 2.25. The Labute approximate surface area is 151 Å². The van der Waals surface area contributed by atoms with E-state index in [2.05, 4.69) is 9.72 Å². The second-order valence-corrected chi connectivity index (χ2v) is 5.70. The first-order chi connectivity index (χ1) is 12.9. The fourth-order valence-corrected chi connectivity index (χ4v) is 2.76. The summed E-state index contributed by atoms with van der Waals surface area (Å²) >= 11 is 0. The summed E-state index contributed by atoms with van der Waals surface area (Å²) < 4.78 is 57.1. The number of hydrogen-bond acceptors (Lipinski definition) is 3. The van der Waals surface area contributed by atoms with Crippen molar-refractivity contribution in [1.82, 2.24) is 14.5 Å². The fourth-order valence-electron chi connectivity index (χ4n) is 2.76. The van der Waals surface area contributed by atoms with Gasteiger partial charge in [-0.05, 0) is 24.3 Å². The van der Waals surface area contributed by atoms with Crippen LogP contribution in [0.4, 0.5) is 17.6 Å². The van der Waals surface area contributed by atoms with E-state index >= 15 is 0 Å². The van der Waals surface area contributed by atoms with Gasteiger partial charge < -0.3 is 9.64 Å². The van der Waals surface area contributed by atoms with Crippen LogP contribution >= 0.6 is 0 Å². The highest BCUT2D eigenvalue weighted by atomic mass is 19.3. The van der Waals surface area contributed by atoms with E-state index in [-0.39, 0.29) is 29.2 Å². The van der Waals surface area contributed by atoms with E-state index in [4.69, 9.17) is 0 Å². The molecule has 9 heteroatoms. The van der Waals surface area contributed by atoms with E-state index in [9.17, 15) is 22.4 Å². The van der Waals surface area contributed by atoms with Gasteiger partial charge in [0.25, 0.3) is 5.91 Å². The third-order valence-corrected chi connectivity index (χ3v) is 3.92. The number of benzene rings is 2. The van der Waals surface area contributed by atoms with Gasteiger partial charge in [0.05, 0.1) is 23.1 Å². The second-order valence-electron chi connectivity index (χ2n) is 5.70. The standard InChI is InChI=1S/C18H15F4N3O2/c1-24(16(26)11-6-2-5-9-14(11)27-18(21)22)10-15-23-12-7-3-4-8-13(12)25(15)17(19)20/h2-9,17-18H,10H2,1H3. The molecule has 0 fully saturated rings. The second kappa shape index (κ2) is 7.65. The van der Waals surface area contributed by atoms with E-state index in [1.165, 1.54) is 37.4 Å². The number of ether oxygens (including phenoxy) is 1. The van der Waals surface area contributed by atoms with Crippen LogP contribution in [0, 0.1) is 0 Å². The summed E-state index contributed by atoms with van der Waals surface area (Å²) in [6.45, 7) is -6.17. The quantitative estimate of drug-likeness (QED) is 0.598. The van der Waals surface area contributed by atoms with Gasteiger partial charge in [-0.15, -0.1) is 0 Å². The predicted molar refractivity (Wildman–Crippen MR) is 89.9 cm³/mol. The molecule has 3 aromatic rings. The van der Waals surface area contributed by atoms with Crippen LogP contribution in [0.25, 0.3) is 11.0 Å². The number of alkyl halides is 4. The Bertz CT molecular complexity index is 959. The third kappa shape index (κ3) is 3.86. The summed E-state index contributed by atoms with van der Waals surface area (Å²) in [5.74, 6) is -0.958. The summed E-state index contributed by atoms with van der Waals surface area (Å²) in [7, 11) is 1.37. The van der Waals surface area contributed by atoms with Gasteiger partial charge in [-0.1, -0.05) is 24.3 Å². The average molecular weight is 381 g/mol. The number of hydrogen-bond donors (Lipinski definition) is 0. The van der Waals surface area contributed by atoms with Crippen molar-refractivity contribution < 1.29 is 27.1 Å². The molecule has 27 heavy (non-hydrogen) atoms. The normalized spacial score (nSPS) is 11.4. The maximum absolute atomic E-state index is 13.5. The Hall–Kier alpha value is -3.10. The molecule has 3 rings (SSSR count). The molecular formula is C18H15F4N3O2. The number of amides is 1. The van der Waals surface area contributed by atoms with E-state index < -0.39 is 19.1 Å². The van der Waals surface area contributed by atoms with Gasteiger partial charge in [0.15, 0.2) is 0 Å². The zero-order valence-electron chi connectivity index (χ0n) is 14.2. The number of carbonyl (C=O) groups excluding carboxylic acids is 1. The van der Waals surface area contributed by atoms with Crippen LogP contribution in [-0.4, -0.2) is 34.0 Å². The first-order valence-corrected chi connectivity index (χ1v) is 7.91. The molecule has 1 amide bonds. The van der Waals surface area contributed by atoms with Gasteiger partial charge >= 0.3 is 13.2 Å². The molecule has 2 aromatic carbocycles. The van der Waals surface area contributed by atoms with Gasteiger partial charge in [-0.3, -0.25) is 9.36 Å². The molecule has 0 aliphatic rings. The number of rotatable bonds is 6. The SMILES string of the molecule is CN(Cc1nc2ccccc2n1C(F)F)C(=O)c1ccccc1OC(F)F. The van der Waals surface area contributed by atoms with E-state index in [1.807, 2.05) is 0 Å². The van der Waals surface area contributed by atoms with Crippen molar-refractivity contribution in [1.29, 1.82) is 0 Å². The van der Waals surface area contributed by atoms with Crippen LogP contribution in [-0.2, 0) is 6.54 Å². The molecule has 0 radical (unpaired) electrons. The van der Waals surface area contributed by atoms with Gasteiger partial charge in [0, 0.05) is 7.05 Å². The highest BCUT2D eigenvalue weighted by molar-refractivity contribution is 5.96. The van der Waals surface area contributed by atoms with Crippen LogP contribution in [0.3, 0.4) is 0 Å². The van der Waals surface area contributed by atoms with Gasteiger partial charge in [0.2, 0.25) is 0 Å². The number of carbonyl (C=O) groups is 1. The minimum atomic E-state index is -3.09. The molecule has 5 nitrogen and oxygen atoms in total. The van der Waals surface area contributed by atoms with Gasteiger partial charge in [-0.2, -0.15) is 17.6 Å². The summed E-state index contributed by atoms with van der Waals surface area (Å²) in [6.07, 6.45) is 0. The monoisotopic (exact) mass is 381 g/mol. The molecule has 0 bridgehead atoms. The Kier molecular flexibility index (Phi) is 5.29. The summed E-state index contributed by atoms with van der Waals surface area (Å²) in [5.41, 5.74) is 0.514. The molecule has 1 aromatic heterocycles. The lowest BCUT2D eigenvalue weighted by Gasteiger charge is -2.19. The van der Waals surface area contributed by atoms with Crippen molar-refractivity contribution >= 4 is 16.9 Å².